The maximum atomic E-state index is 13.5. The fourth-order valence-electron chi connectivity index (χ4n) is 3.17. The van der Waals surface area contributed by atoms with E-state index in [1.54, 1.807) is 26.0 Å². The highest BCUT2D eigenvalue weighted by Gasteiger charge is 2.36. The monoisotopic (exact) mass is 403 g/mol. The number of aromatic nitrogens is 2. The van der Waals surface area contributed by atoms with E-state index in [0.29, 0.717) is 33.4 Å². The molecule has 2 heterocycles. The lowest BCUT2D eigenvalue weighted by atomic mass is 9.82. The van der Waals surface area contributed by atoms with Crippen molar-refractivity contribution < 1.29 is 13.9 Å². The largest absolute Gasteiger partial charge is 0.463 e. The van der Waals surface area contributed by atoms with Crippen molar-refractivity contribution in [2.24, 2.45) is 0 Å². The van der Waals surface area contributed by atoms with Crippen molar-refractivity contribution in [3.8, 4) is 0 Å². The first-order valence-electron chi connectivity index (χ1n) is 9.13. The number of fused-ring (bicyclic) bond motifs is 1. The molecule has 0 saturated heterocycles. The maximum absolute atomic E-state index is 13.5. The number of esters is 1. The zero-order chi connectivity index (χ0) is 20.3. The van der Waals surface area contributed by atoms with E-state index in [-0.39, 0.29) is 12.2 Å². The summed E-state index contributed by atoms with van der Waals surface area (Å²) >= 11 is 1.46. The van der Waals surface area contributed by atoms with Crippen LogP contribution in [0.2, 0.25) is 0 Å². The number of halogens is 1. The number of aromatic amines is 1. The number of benzene rings is 1. The second kappa shape index (κ2) is 8.60. The van der Waals surface area contributed by atoms with Crippen LogP contribution in [-0.4, -0.2) is 28.3 Å². The van der Waals surface area contributed by atoms with Crippen LogP contribution in [0.1, 0.15) is 44.2 Å². The number of rotatable bonds is 6. The lowest BCUT2D eigenvalue weighted by molar-refractivity contribution is -0.138. The van der Waals surface area contributed by atoms with E-state index in [1.807, 2.05) is 6.92 Å². The minimum Gasteiger partial charge on any atom is -0.463 e. The number of carbonyl (C=O) groups excluding carboxylic acids is 1. The maximum Gasteiger partial charge on any atom is 0.336 e. The highest BCUT2D eigenvalue weighted by Crippen LogP contribution is 2.40. The number of thioether (sulfide) groups is 1. The quantitative estimate of drug-likeness (QED) is 0.434. The number of nitrogens with one attached hydrogen (secondary N) is 2. The average Bonchev–Trinajstić information content (AvgIpc) is 2.66. The Hall–Kier alpha value is -2.61. The van der Waals surface area contributed by atoms with Gasteiger partial charge in [-0.2, -0.15) is 0 Å². The van der Waals surface area contributed by atoms with Gasteiger partial charge in [0.05, 0.1) is 23.7 Å². The summed E-state index contributed by atoms with van der Waals surface area (Å²) in [6.07, 6.45) is 0.947. The van der Waals surface area contributed by atoms with Crippen LogP contribution in [0.15, 0.2) is 45.5 Å². The molecule has 1 atom stereocenters. The summed E-state index contributed by atoms with van der Waals surface area (Å²) in [5.74, 6) is -0.378. The summed E-state index contributed by atoms with van der Waals surface area (Å²) in [5.41, 5.74) is 1.49. The van der Waals surface area contributed by atoms with Crippen molar-refractivity contribution in [1.29, 1.82) is 0 Å². The molecule has 8 heteroatoms. The average molecular weight is 403 g/mol. The summed E-state index contributed by atoms with van der Waals surface area (Å²) in [4.78, 5) is 32.9. The zero-order valence-corrected chi connectivity index (χ0v) is 16.8. The second-order valence-corrected chi connectivity index (χ2v) is 7.43. The van der Waals surface area contributed by atoms with Crippen LogP contribution in [-0.2, 0) is 9.53 Å². The molecule has 2 aromatic rings. The van der Waals surface area contributed by atoms with Crippen molar-refractivity contribution in [1.82, 2.24) is 9.97 Å². The predicted molar refractivity (Wildman–Crippen MR) is 107 cm³/mol. The SMILES string of the molecule is CCCSc1nc2c(c(=O)[nH]1)[C@@H](c1ccc(F)cc1)C(C(=O)OCC)=C(C)N2. The fraction of sp³-hybridized carbons (Fsp3) is 0.350. The lowest BCUT2D eigenvalue weighted by Crippen LogP contribution is -2.31. The van der Waals surface area contributed by atoms with Gasteiger partial charge in [0.25, 0.3) is 5.56 Å². The van der Waals surface area contributed by atoms with Gasteiger partial charge in [-0.1, -0.05) is 30.8 Å². The van der Waals surface area contributed by atoms with E-state index >= 15 is 0 Å². The van der Waals surface area contributed by atoms with E-state index < -0.39 is 17.7 Å². The first-order chi connectivity index (χ1) is 13.5. The van der Waals surface area contributed by atoms with Crippen molar-refractivity contribution in [3.63, 3.8) is 0 Å². The van der Waals surface area contributed by atoms with E-state index in [4.69, 9.17) is 4.74 Å². The Balaban J connectivity index is 2.18. The normalized spacial score (nSPS) is 15.8. The summed E-state index contributed by atoms with van der Waals surface area (Å²) in [6, 6.07) is 5.76. The molecule has 0 unspecified atom stereocenters. The zero-order valence-electron chi connectivity index (χ0n) is 16.0. The Labute approximate surface area is 166 Å². The smallest absolute Gasteiger partial charge is 0.336 e. The van der Waals surface area contributed by atoms with Gasteiger partial charge in [-0.25, -0.2) is 14.2 Å². The molecule has 0 saturated carbocycles. The number of allylic oxidation sites excluding steroid dienone is 1. The Bertz CT molecular complexity index is 970. The molecule has 148 valence electrons. The third kappa shape index (κ3) is 3.96. The molecule has 0 fully saturated rings. The number of hydrogen-bond acceptors (Lipinski definition) is 6. The van der Waals surface area contributed by atoms with Gasteiger partial charge in [0.15, 0.2) is 5.16 Å². The lowest BCUT2D eigenvalue weighted by Gasteiger charge is -2.28. The Morgan fingerprint density at radius 3 is 2.64 bits per heavy atom. The second-order valence-electron chi connectivity index (χ2n) is 6.35. The molecule has 1 aromatic carbocycles. The molecular formula is C20H22FN3O3S. The topological polar surface area (TPSA) is 84.1 Å². The molecule has 0 bridgehead atoms. The van der Waals surface area contributed by atoms with Gasteiger partial charge < -0.3 is 15.0 Å². The minimum atomic E-state index is -0.697. The highest BCUT2D eigenvalue weighted by atomic mass is 32.2. The number of hydrogen-bond donors (Lipinski definition) is 2. The highest BCUT2D eigenvalue weighted by molar-refractivity contribution is 7.99. The van der Waals surface area contributed by atoms with E-state index in [0.717, 1.165) is 12.2 Å². The minimum absolute atomic E-state index is 0.208. The summed E-state index contributed by atoms with van der Waals surface area (Å²) in [7, 11) is 0. The van der Waals surface area contributed by atoms with Crippen LogP contribution in [0.5, 0.6) is 0 Å². The van der Waals surface area contributed by atoms with Crippen molar-refractivity contribution in [2.75, 3.05) is 17.7 Å². The van der Waals surface area contributed by atoms with Crippen LogP contribution in [0, 0.1) is 5.82 Å². The van der Waals surface area contributed by atoms with Crippen LogP contribution in [0.25, 0.3) is 0 Å². The standard InChI is InChI=1S/C20H22FN3O3S/c1-4-10-28-20-23-17-16(18(25)24-20)15(12-6-8-13(21)9-7-12)14(11(3)22-17)19(26)27-5-2/h6-9,15H,4-5,10H2,1-3H3,(H2,22,23,24,25)/t15-/m0/s1. The molecular weight excluding hydrogens is 381 g/mol. The molecule has 6 nitrogen and oxygen atoms in total. The fourth-order valence-corrected chi connectivity index (χ4v) is 3.88. The number of nitrogens with zero attached hydrogens (tertiary/aromatic N) is 1. The molecule has 1 aromatic heterocycles. The summed E-state index contributed by atoms with van der Waals surface area (Å²) in [5, 5.41) is 3.60. The van der Waals surface area contributed by atoms with Crippen LogP contribution in [0.3, 0.4) is 0 Å². The Morgan fingerprint density at radius 2 is 2.00 bits per heavy atom. The number of carbonyl (C=O) groups is 1. The summed E-state index contributed by atoms with van der Waals surface area (Å²) in [6.45, 7) is 5.72. The molecule has 28 heavy (non-hydrogen) atoms. The Kier molecular flexibility index (Phi) is 6.18. The number of H-pyrrole nitrogens is 1. The van der Waals surface area contributed by atoms with Gasteiger partial charge in [-0.05, 0) is 38.0 Å². The van der Waals surface area contributed by atoms with Crippen LogP contribution < -0.4 is 10.9 Å². The van der Waals surface area contributed by atoms with Gasteiger partial charge in [0.2, 0.25) is 0 Å². The van der Waals surface area contributed by atoms with Gasteiger partial charge >= 0.3 is 5.97 Å². The molecule has 0 radical (unpaired) electrons. The van der Waals surface area contributed by atoms with Crippen LogP contribution >= 0.6 is 11.8 Å². The molecule has 3 rings (SSSR count). The van der Waals surface area contributed by atoms with Crippen molar-refractivity contribution in [3.05, 3.63) is 62.8 Å². The molecule has 2 N–H and O–H groups in total. The van der Waals surface area contributed by atoms with Gasteiger partial charge in [-0.3, -0.25) is 4.79 Å². The third-order valence-electron chi connectivity index (χ3n) is 4.36. The van der Waals surface area contributed by atoms with Gasteiger partial charge in [0, 0.05) is 11.4 Å². The van der Waals surface area contributed by atoms with E-state index in [1.165, 1.54) is 23.9 Å². The van der Waals surface area contributed by atoms with Crippen molar-refractivity contribution in [2.45, 2.75) is 38.3 Å². The molecule has 0 amide bonds. The van der Waals surface area contributed by atoms with Crippen LogP contribution in [0.4, 0.5) is 10.2 Å². The predicted octanol–water partition coefficient (Wildman–Crippen LogP) is 3.81. The first-order valence-corrected chi connectivity index (χ1v) is 10.1. The van der Waals surface area contributed by atoms with Crippen molar-refractivity contribution >= 4 is 23.5 Å². The van der Waals surface area contributed by atoms with Gasteiger partial charge in [0.1, 0.15) is 11.6 Å². The molecule has 1 aliphatic heterocycles. The Morgan fingerprint density at radius 1 is 1.29 bits per heavy atom. The number of anilines is 1. The first kappa shape index (κ1) is 20.1. The number of ether oxygens (including phenoxy) is 1. The van der Waals surface area contributed by atoms with E-state index in [2.05, 4.69) is 15.3 Å². The third-order valence-corrected chi connectivity index (χ3v) is 5.44. The van der Waals surface area contributed by atoms with E-state index in [9.17, 15) is 14.0 Å². The summed E-state index contributed by atoms with van der Waals surface area (Å²) < 4.78 is 18.7. The molecule has 0 spiro atoms. The molecule has 0 aliphatic carbocycles. The van der Waals surface area contributed by atoms with Gasteiger partial charge in [-0.15, -0.1) is 0 Å². The molecule has 1 aliphatic rings.